The second-order valence-electron chi connectivity index (χ2n) is 5.77. The smallest absolute Gasteiger partial charge is 0.278 e. The molecule has 0 radical (unpaired) electrons. The minimum Gasteiger partial charge on any atom is -0.494 e. The maximum atomic E-state index is 12.6. The maximum absolute atomic E-state index is 12.6. The number of anilines is 1. The Morgan fingerprint density at radius 3 is 2.54 bits per heavy atom. The first-order valence-corrected chi connectivity index (χ1v) is 8.77. The second kappa shape index (κ2) is 8.06. The number of hydrogen-bond acceptors (Lipinski definition) is 4. The monoisotopic (exact) mass is 370 g/mol. The molecule has 0 aromatic heterocycles. The summed E-state index contributed by atoms with van der Waals surface area (Å²) in [4.78, 5) is 26.2. The lowest BCUT2D eigenvalue weighted by Crippen LogP contribution is -2.34. The summed E-state index contributed by atoms with van der Waals surface area (Å²) in [6, 6.07) is 16.8. The number of imide groups is 1. The van der Waals surface area contributed by atoms with Gasteiger partial charge in [-0.15, -0.1) is 0 Å². The van der Waals surface area contributed by atoms with Gasteiger partial charge in [0.15, 0.2) is 0 Å². The Kier molecular flexibility index (Phi) is 5.58. The lowest BCUT2D eigenvalue weighted by molar-refractivity contribution is -0.137. The number of halogens is 1. The quantitative estimate of drug-likeness (QED) is 0.757. The molecule has 0 bridgehead atoms. The topological polar surface area (TPSA) is 58.6 Å². The number of carbonyl (C=O) groups excluding carboxylic acids is 2. The number of carbonyl (C=O) groups is 2. The Morgan fingerprint density at radius 2 is 1.81 bits per heavy atom. The van der Waals surface area contributed by atoms with Crippen molar-refractivity contribution in [2.75, 3.05) is 18.5 Å². The fraction of sp³-hybridized carbons (Fsp3) is 0.200. The van der Waals surface area contributed by atoms with E-state index < -0.39 is 11.8 Å². The fourth-order valence-electron chi connectivity index (χ4n) is 2.72. The molecular weight excluding hydrogens is 352 g/mol. The van der Waals surface area contributed by atoms with Crippen LogP contribution in [0.25, 0.3) is 0 Å². The van der Waals surface area contributed by atoms with Crippen molar-refractivity contribution in [2.24, 2.45) is 0 Å². The molecule has 3 rings (SSSR count). The van der Waals surface area contributed by atoms with Gasteiger partial charge in [-0.2, -0.15) is 0 Å². The summed E-state index contributed by atoms with van der Waals surface area (Å²) in [6.07, 6.45) is 0.579. The van der Waals surface area contributed by atoms with Crippen LogP contribution in [0.3, 0.4) is 0 Å². The van der Waals surface area contributed by atoms with E-state index in [0.29, 0.717) is 24.5 Å². The summed E-state index contributed by atoms with van der Waals surface area (Å²) in [7, 11) is 0. The lowest BCUT2D eigenvalue weighted by Gasteiger charge is -2.15. The van der Waals surface area contributed by atoms with Crippen LogP contribution in [0.2, 0.25) is 0 Å². The standard InChI is InChI=1S/C20H19ClN2O3/c1-2-26-16-10-6-9-15(13-16)22-18-17(21)19(24)23(20(18)25)12-11-14-7-4-3-5-8-14/h3-10,13,22H,2,11-12H2,1H3. The van der Waals surface area contributed by atoms with Crippen molar-refractivity contribution in [3.8, 4) is 5.75 Å². The Hall–Kier alpha value is -2.79. The summed E-state index contributed by atoms with van der Waals surface area (Å²) < 4.78 is 5.44. The summed E-state index contributed by atoms with van der Waals surface area (Å²) in [5.41, 5.74) is 1.78. The van der Waals surface area contributed by atoms with Gasteiger partial charge in [0.2, 0.25) is 0 Å². The molecule has 0 saturated carbocycles. The van der Waals surface area contributed by atoms with E-state index >= 15 is 0 Å². The first-order chi connectivity index (χ1) is 12.6. The van der Waals surface area contributed by atoms with Crippen molar-refractivity contribution in [2.45, 2.75) is 13.3 Å². The van der Waals surface area contributed by atoms with E-state index in [1.807, 2.05) is 43.3 Å². The molecule has 0 saturated heterocycles. The van der Waals surface area contributed by atoms with Gasteiger partial charge >= 0.3 is 0 Å². The third-order valence-corrected chi connectivity index (χ3v) is 4.34. The van der Waals surface area contributed by atoms with E-state index in [1.54, 1.807) is 18.2 Å². The average Bonchev–Trinajstić information content (AvgIpc) is 2.85. The van der Waals surface area contributed by atoms with E-state index in [4.69, 9.17) is 16.3 Å². The van der Waals surface area contributed by atoms with Gasteiger partial charge in [0, 0.05) is 18.3 Å². The van der Waals surface area contributed by atoms with E-state index in [9.17, 15) is 9.59 Å². The summed E-state index contributed by atoms with van der Waals surface area (Å²) in [5.74, 6) is -0.222. The molecule has 1 N–H and O–H groups in total. The first-order valence-electron chi connectivity index (χ1n) is 8.40. The summed E-state index contributed by atoms with van der Waals surface area (Å²) >= 11 is 6.12. The molecule has 0 fully saturated rings. The number of ether oxygens (including phenoxy) is 1. The predicted octanol–water partition coefficient (Wildman–Crippen LogP) is 3.56. The molecule has 1 heterocycles. The zero-order valence-corrected chi connectivity index (χ0v) is 15.1. The Labute approximate surface area is 157 Å². The number of nitrogens with zero attached hydrogens (tertiary/aromatic N) is 1. The van der Waals surface area contributed by atoms with Crippen LogP contribution < -0.4 is 10.1 Å². The van der Waals surface area contributed by atoms with Gasteiger partial charge in [0.25, 0.3) is 11.8 Å². The SMILES string of the molecule is CCOc1cccc(NC2=C(Cl)C(=O)N(CCc3ccccc3)C2=O)c1. The molecule has 134 valence electrons. The molecule has 0 atom stereocenters. The van der Waals surface area contributed by atoms with Crippen LogP contribution in [0.5, 0.6) is 5.75 Å². The molecule has 1 aliphatic heterocycles. The highest BCUT2D eigenvalue weighted by molar-refractivity contribution is 6.48. The Morgan fingerprint density at radius 1 is 1.04 bits per heavy atom. The van der Waals surface area contributed by atoms with Crippen LogP contribution in [-0.4, -0.2) is 29.9 Å². The summed E-state index contributed by atoms with van der Waals surface area (Å²) in [5, 5.41) is 2.86. The molecule has 2 aromatic rings. The third kappa shape index (κ3) is 3.89. The molecule has 6 heteroatoms. The largest absolute Gasteiger partial charge is 0.494 e. The number of rotatable bonds is 7. The van der Waals surface area contributed by atoms with Crippen LogP contribution in [0.15, 0.2) is 65.3 Å². The van der Waals surface area contributed by atoms with E-state index in [1.165, 1.54) is 4.90 Å². The van der Waals surface area contributed by atoms with Crippen LogP contribution in [-0.2, 0) is 16.0 Å². The highest BCUT2D eigenvalue weighted by Gasteiger charge is 2.37. The number of hydrogen-bond donors (Lipinski definition) is 1. The van der Waals surface area contributed by atoms with Crippen molar-refractivity contribution < 1.29 is 14.3 Å². The van der Waals surface area contributed by atoms with E-state index in [2.05, 4.69) is 5.32 Å². The van der Waals surface area contributed by atoms with Crippen LogP contribution in [0.1, 0.15) is 12.5 Å². The van der Waals surface area contributed by atoms with Gasteiger partial charge in [0.05, 0.1) is 6.61 Å². The Bertz CT molecular complexity index is 849. The van der Waals surface area contributed by atoms with Crippen molar-refractivity contribution in [3.63, 3.8) is 0 Å². The van der Waals surface area contributed by atoms with Gasteiger partial charge < -0.3 is 10.1 Å². The molecule has 2 amide bonds. The van der Waals surface area contributed by atoms with Gasteiger partial charge in [-0.25, -0.2) is 0 Å². The Balaban J connectivity index is 1.71. The molecule has 0 aliphatic carbocycles. The molecular formula is C20H19ClN2O3. The fourth-order valence-corrected chi connectivity index (χ4v) is 2.95. The van der Waals surface area contributed by atoms with Crippen LogP contribution >= 0.6 is 11.6 Å². The van der Waals surface area contributed by atoms with Gasteiger partial charge in [0.1, 0.15) is 16.5 Å². The van der Waals surface area contributed by atoms with Crippen molar-refractivity contribution >= 4 is 29.1 Å². The first kappa shape index (κ1) is 18.0. The second-order valence-corrected chi connectivity index (χ2v) is 6.15. The minimum atomic E-state index is -0.476. The minimum absolute atomic E-state index is 0.0927. The number of amides is 2. The van der Waals surface area contributed by atoms with Crippen molar-refractivity contribution in [1.82, 2.24) is 4.90 Å². The van der Waals surface area contributed by atoms with Crippen molar-refractivity contribution in [1.29, 1.82) is 0 Å². The van der Waals surface area contributed by atoms with Gasteiger partial charge in [-0.1, -0.05) is 48.0 Å². The average molecular weight is 371 g/mol. The van der Waals surface area contributed by atoms with Crippen molar-refractivity contribution in [3.05, 3.63) is 70.9 Å². The molecule has 5 nitrogen and oxygen atoms in total. The zero-order chi connectivity index (χ0) is 18.5. The molecule has 0 unspecified atom stereocenters. The molecule has 0 spiro atoms. The number of benzene rings is 2. The van der Waals surface area contributed by atoms with Gasteiger partial charge in [-0.3, -0.25) is 14.5 Å². The van der Waals surface area contributed by atoms with Gasteiger partial charge in [-0.05, 0) is 31.0 Å². The third-order valence-electron chi connectivity index (χ3n) is 3.99. The van der Waals surface area contributed by atoms with Crippen LogP contribution in [0, 0.1) is 0 Å². The molecule has 2 aromatic carbocycles. The highest BCUT2D eigenvalue weighted by Crippen LogP contribution is 2.27. The van der Waals surface area contributed by atoms with E-state index in [-0.39, 0.29) is 17.3 Å². The summed E-state index contributed by atoms with van der Waals surface area (Å²) in [6.45, 7) is 2.71. The normalized spacial score (nSPS) is 14.2. The van der Waals surface area contributed by atoms with E-state index in [0.717, 1.165) is 5.56 Å². The highest BCUT2D eigenvalue weighted by atomic mass is 35.5. The van der Waals surface area contributed by atoms with Crippen LogP contribution in [0.4, 0.5) is 5.69 Å². The zero-order valence-electron chi connectivity index (χ0n) is 14.4. The molecule has 26 heavy (non-hydrogen) atoms. The predicted molar refractivity (Wildman–Crippen MR) is 101 cm³/mol. The lowest BCUT2D eigenvalue weighted by atomic mass is 10.1. The maximum Gasteiger partial charge on any atom is 0.278 e. The molecule has 1 aliphatic rings. The number of nitrogens with one attached hydrogen (secondary N) is 1.